The summed E-state index contributed by atoms with van der Waals surface area (Å²) in [5.74, 6) is 0.460. The van der Waals surface area contributed by atoms with Crippen molar-refractivity contribution in [2.75, 3.05) is 0 Å². The van der Waals surface area contributed by atoms with Crippen molar-refractivity contribution in [1.29, 1.82) is 0 Å². The number of hydrogen-bond donors (Lipinski definition) is 0. The van der Waals surface area contributed by atoms with E-state index in [0.29, 0.717) is 11.8 Å². The molecule has 1 heterocycles. The molecule has 2 nitrogen and oxygen atoms in total. The summed E-state index contributed by atoms with van der Waals surface area (Å²) in [5, 5.41) is 0. The molecule has 1 saturated carbocycles. The Morgan fingerprint density at radius 2 is 2.07 bits per heavy atom. The Kier molecular flexibility index (Phi) is 2.10. The molecule has 3 atom stereocenters. The fraction of sp³-hybridized carbons (Fsp3) is 0.462. The number of benzene rings is 1. The molecule has 0 amide bonds. The highest BCUT2D eigenvalue weighted by Gasteiger charge is 2.52. The monoisotopic (exact) mass is 201 g/mol. The highest BCUT2D eigenvalue weighted by atomic mass is 16.1. The number of carbonyl (C=O) groups is 1. The smallest absolute Gasteiger partial charge is 0.151 e. The van der Waals surface area contributed by atoms with Gasteiger partial charge in [0.05, 0.1) is 6.04 Å². The first-order valence-electron chi connectivity index (χ1n) is 5.68. The van der Waals surface area contributed by atoms with Gasteiger partial charge in [0.1, 0.15) is 0 Å². The summed E-state index contributed by atoms with van der Waals surface area (Å²) >= 11 is 0. The normalized spacial score (nSPS) is 33.6. The van der Waals surface area contributed by atoms with Crippen LogP contribution in [0.5, 0.6) is 0 Å². The summed E-state index contributed by atoms with van der Waals surface area (Å²) in [6, 6.07) is 11.2. The Balaban J connectivity index is 1.69. The molecule has 0 aromatic heterocycles. The van der Waals surface area contributed by atoms with Crippen LogP contribution in [0, 0.1) is 0 Å². The largest absolute Gasteiger partial charge is 0.298 e. The molecule has 78 valence electrons. The second-order valence-electron chi connectivity index (χ2n) is 4.53. The fourth-order valence-electron chi connectivity index (χ4n) is 2.70. The van der Waals surface area contributed by atoms with Gasteiger partial charge in [-0.3, -0.25) is 9.69 Å². The van der Waals surface area contributed by atoms with E-state index in [1.54, 1.807) is 0 Å². The van der Waals surface area contributed by atoms with Crippen LogP contribution in [0.1, 0.15) is 24.8 Å². The van der Waals surface area contributed by atoms with Gasteiger partial charge in [0.15, 0.2) is 5.78 Å². The SMILES string of the molecule is O=C1CCCC2C1N2Cc1ccccc1. The Hall–Kier alpha value is -1.15. The molecule has 0 spiro atoms. The molecule has 0 radical (unpaired) electrons. The number of fused-ring (bicyclic) bond motifs is 1. The zero-order chi connectivity index (χ0) is 10.3. The number of likely N-dealkylation sites (tertiary alicyclic amines) is 1. The molecule has 1 aliphatic carbocycles. The van der Waals surface area contributed by atoms with Crippen molar-refractivity contribution in [3.8, 4) is 0 Å². The van der Waals surface area contributed by atoms with Crippen molar-refractivity contribution in [2.45, 2.75) is 37.9 Å². The van der Waals surface area contributed by atoms with Crippen molar-refractivity contribution in [3.05, 3.63) is 35.9 Å². The van der Waals surface area contributed by atoms with Crippen LogP contribution >= 0.6 is 0 Å². The molecule has 3 rings (SSSR count). The van der Waals surface area contributed by atoms with E-state index in [2.05, 4.69) is 29.2 Å². The molecule has 2 heteroatoms. The van der Waals surface area contributed by atoms with Crippen LogP contribution in [0.4, 0.5) is 0 Å². The first-order chi connectivity index (χ1) is 7.36. The van der Waals surface area contributed by atoms with Gasteiger partial charge in [-0.2, -0.15) is 0 Å². The van der Waals surface area contributed by atoms with Crippen LogP contribution in [0.2, 0.25) is 0 Å². The van der Waals surface area contributed by atoms with Gasteiger partial charge in [-0.15, -0.1) is 0 Å². The van der Waals surface area contributed by atoms with Crippen molar-refractivity contribution < 1.29 is 4.79 Å². The predicted molar refractivity (Wildman–Crippen MR) is 58.4 cm³/mol. The molecule has 2 aliphatic rings. The van der Waals surface area contributed by atoms with Crippen molar-refractivity contribution in [1.82, 2.24) is 4.90 Å². The fourth-order valence-corrected chi connectivity index (χ4v) is 2.70. The highest BCUT2D eigenvalue weighted by molar-refractivity contribution is 5.88. The minimum atomic E-state index is 0.263. The molecule has 1 saturated heterocycles. The maximum absolute atomic E-state index is 11.6. The number of Topliss-reactive ketones (excluding diaryl/α,β-unsaturated/α-hetero) is 1. The van der Waals surface area contributed by atoms with E-state index in [-0.39, 0.29) is 6.04 Å². The summed E-state index contributed by atoms with van der Waals surface area (Å²) in [6.45, 7) is 0.946. The van der Waals surface area contributed by atoms with Crippen molar-refractivity contribution in [2.24, 2.45) is 0 Å². The van der Waals surface area contributed by atoms with Crippen LogP contribution in [0.15, 0.2) is 30.3 Å². The zero-order valence-electron chi connectivity index (χ0n) is 8.73. The maximum atomic E-state index is 11.6. The van der Waals surface area contributed by atoms with Gasteiger partial charge >= 0.3 is 0 Å². The lowest BCUT2D eigenvalue weighted by Gasteiger charge is -2.02. The summed E-state index contributed by atoms with van der Waals surface area (Å²) in [4.78, 5) is 13.9. The summed E-state index contributed by atoms with van der Waals surface area (Å²) < 4.78 is 0. The Bertz CT molecular complexity index is 373. The van der Waals surface area contributed by atoms with Crippen LogP contribution in [-0.4, -0.2) is 22.8 Å². The van der Waals surface area contributed by atoms with Crippen molar-refractivity contribution in [3.63, 3.8) is 0 Å². The third-order valence-electron chi connectivity index (χ3n) is 3.52. The summed E-state index contributed by atoms with van der Waals surface area (Å²) in [7, 11) is 0. The molecule has 2 fully saturated rings. The van der Waals surface area contributed by atoms with Gasteiger partial charge in [0.2, 0.25) is 0 Å². The van der Waals surface area contributed by atoms with E-state index >= 15 is 0 Å². The minimum Gasteiger partial charge on any atom is -0.298 e. The van der Waals surface area contributed by atoms with Crippen LogP contribution < -0.4 is 0 Å². The summed E-state index contributed by atoms with van der Waals surface area (Å²) in [5.41, 5.74) is 1.32. The van der Waals surface area contributed by atoms with E-state index < -0.39 is 0 Å². The molecule has 15 heavy (non-hydrogen) atoms. The standard InChI is InChI=1S/C13H15NO/c15-12-8-4-7-11-13(12)14(11)9-10-5-2-1-3-6-10/h1-3,5-6,11,13H,4,7-9H2. The summed E-state index contributed by atoms with van der Waals surface area (Å²) in [6.07, 6.45) is 3.10. The molecule has 1 aromatic carbocycles. The van der Waals surface area contributed by atoms with Crippen LogP contribution in [0.3, 0.4) is 0 Å². The van der Waals surface area contributed by atoms with E-state index in [9.17, 15) is 4.79 Å². The predicted octanol–water partition coefficient (Wildman–Crippen LogP) is 1.99. The maximum Gasteiger partial charge on any atom is 0.151 e. The van der Waals surface area contributed by atoms with Crippen molar-refractivity contribution >= 4 is 5.78 Å². The van der Waals surface area contributed by atoms with E-state index in [4.69, 9.17) is 0 Å². The Morgan fingerprint density at radius 3 is 2.80 bits per heavy atom. The molecule has 1 aliphatic heterocycles. The third-order valence-corrected chi connectivity index (χ3v) is 3.52. The van der Waals surface area contributed by atoms with Gasteiger partial charge in [0.25, 0.3) is 0 Å². The molecule has 0 N–H and O–H groups in total. The second-order valence-corrected chi connectivity index (χ2v) is 4.53. The number of hydrogen-bond acceptors (Lipinski definition) is 2. The van der Waals surface area contributed by atoms with E-state index in [0.717, 1.165) is 19.4 Å². The third kappa shape index (κ3) is 1.59. The first kappa shape index (κ1) is 9.10. The minimum absolute atomic E-state index is 0.263. The topological polar surface area (TPSA) is 20.1 Å². The second kappa shape index (κ2) is 3.46. The van der Waals surface area contributed by atoms with Gasteiger partial charge in [-0.25, -0.2) is 0 Å². The van der Waals surface area contributed by atoms with E-state index in [1.807, 2.05) is 6.07 Å². The molecule has 1 aromatic rings. The lowest BCUT2D eigenvalue weighted by molar-refractivity contribution is -0.119. The first-order valence-corrected chi connectivity index (χ1v) is 5.68. The molecule has 0 bridgehead atoms. The zero-order valence-corrected chi connectivity index (χ0v) is 8.73. The Morgan fingerprint density at radius 1 is 1.27 bits per heavy atom. The number of carbonyl (C=O) groups excluding carboxylic acids is 1. The Labute approximate surface area is 89.9 Å². The average molecular weight is 201 g/mol. The van der Waals surface area contributed by atoms with Gasteiger partial charge in [0, 0.05) is 19.0 Å². The average Bonchev–Trinajstić information content (AvgIpc) is 2.95. The van der Waals surface area contributed by atoms with Crippen LogP contribution in [-0.2, 0) is 11.3 Å². The molecular weight excluding hydrogens is 186 g/mol. The number of rotatable bonds is 2. The highest BCUT2D eigenvalue weighted by Crippen LogP contribution is 2.39. The van der Waals surface area contributed by atoms with Crippen LogP contribution in [0.25, 0.3) is 0 Å². The lowest BCUT2D eigenvalue weighted by atomic mass is 10.00. The van der Waals surface area contributed by atoms with Gasteiger partial charge in [-0.1, -0.05) is 30.3 Å². The lowest BCUT2D eigenvalue weighted by Crippen LogP contribution is -2.15. The molecular formula is C13H15NO. The van der Waals surface area contributed by atoms with Gasteiger partial charge in [-0.05, 0) is 18.4 Å². The molecule has 3 unspecified atom stereocenters. The van der Waals surface area contributed by atoms with E-state index in [1.165, 1.54) is 12.0 Å². The quantitative estimate of drug-likeness (QED) is 0.682. The number of nitrogens with zero attached hydrogens (tertiary/aromatic N) is 1. The number of ketones is 1. The van der Waals surface area contributed by atoms with Gasteiger partial charge < -0.3 is 0 Å².